The average Bonchev–Trinajstić information content (AvgIpc) is 3.21. The molecule has 0 aliphatic carbocycles. The van der Waals surface area contributed by atoms with Gasteiger partial charge in [0, 0.05) is 36.4 Å². The number of benzene rings is 4. The molecule has 0 aliphatic heterocycles. The molecular formula is C25H24N4OS. The van der Waals surface area contributed by atoms with Crippen LogP contribution in [0, 0.1) is 0 Å². The summed E-state index contributed by atoms with van der Waals surface area (Å²) in [7, 11) is 4.01. The number of aromatic hydroxyl groups is 1. The fraction of sp³-hybridized carbons (Fsp3) is 0.0800. The Kier molecular flexibility index (Phi) is 5.64. The van der Waals surface area contributed by atoms with Gasteiger partial charge in [-0.2, -0.15) is 0 Å². The molecule has 0 aliphatic rings. The number of hydrogen-bond donors (Lipinski definition) is 3. The minimum atomic E-state index is 0.121. The molecule has 6 heteroatoms. The second kappa shape index (κ2) is 8.53. The number of nitrogens with zero attached hydrogens (tertiary/aromatic N) is 2. The number of thiazole rings is 1. The van der Waals surface area contributed by atoms with Gasteiger partial charge in [0.1, 0.15) is 10.8 Å². The summed E-state index contributed by atoms with van der Waals surface area (Å²) >= 11 is 1.67. The van der Waals surface area contributed by atoms with Gasteiger partial charge in [-0.1, -0.05) is 30.3 Å². The van der Waals surface area contributed by atoms with Crippen LogP contribution in [-0.2, 0) is 0 Å². The van der Waals surface area contributed by atoms with Gasteiger partial charge in [-0.3, -0.25) is 0 Å². The fourth-order valence-electron chi connectivity index (χ4n) is 3.24. The van der Waals surface area contributed by atoms with Gasteiger partial charge >= 0.3 is 0 Å². The van der Waals surface area contributed by atoms with Crippen LogP contribution in [0.1, 0.15) is 0 Å². The first-order valence-corrected chi connectivity index (χ1v) is 10.6. The van der Waals surface area contributed by atoms with Crippen LogP contribution in [0.4, 0.5) is 17.1 Å². The SMILES string of the molecule is CN(C)c1ccc(N)cc1.Nc1c(O)ccc2cc(-c3nc4ccccc4s3)ccc12. The summed E-state index contributed by atoms with van der Waals surface area (Å²) in [6.07, 6.45) is 0. The van der Waals surface area contributed by atoms with Crippen LogP contribution in [0.2, 0.25) is 0 Å². The molecule has 0 bridgehead atoms. The van der Waals surface area contributed by atoms with Crippen LogP contribution in [0.25, 0.3) is 31.6 Å². The molecule has 0 spiro atoms. The van der Waals surface area contributed by atoms with E-state index in [0.29, 0.717) is 5.69 Å². The summed E-state index contributed by atoms with van der Waals surface area (Å²) in [5.41, 5.74) is 15.9. The number of para-hydroxylation sites is 1. The zero-order valence-corrected chi connectivity index (χ0v) is 18.2. The minimum absolute atomic E-state index is 0.121. The largest absolute Gasteiger partial charge is 0.506 e. The summed E-state index contributed by atoms with van der Waals surface area (Å²) in [4.78, 5) is 6.71. The van der Waals surface area contributed by atoms with Crippen molar-refractivity contribution in [2.75, 3.05) is 30.5 Å². The summed E-state index contributed by atoms with van der Waals surface area (Å²) in [5, 5.41) is 12.5. The highest BCUT2D eigenvalue weighted by Crippen LogP contribution is 2.35. The lowest BCUT2D eigenvalue weighted by molar-refractivity contribution is 0.478. The maximum Gasteiger partial charge on any atom is 0.139 e. The second-order valence-electron chi connectivity index (χ2n) is 7.41. The molecule has 5 aromatic rings. The number of rotatable bonds is 2. The first kappa shape index (κ1) is 20.5. The molecule has 31 heavy (non-hydrogen) atoms. The molecule has 0 saturated carbocycles. The van der Waals surface area contributed by atoms with E-state index in [-0.39, 0.29) is 5.75 Å². The highest BCUT2D eigenvalue weighted by molar-refractivity contribution is 7.21. The van der Waals surface area contributed by atoms with E-state index in [1.807, 2.05) is 79.7 Å². The standard InChI is InChI=1S/C17H12N2OS.C8H12N2/c18-16-12-7-5-11(9-10(12)6-8-14(16)20)17-19-13-3-1-2-4-15(13)21-17;1-10(2)8-5-3-7(9)4-6-8/h1-9,20H,18H2;3-6H,9H2,1-2H3. The van der Waals surface area contributed by atoms with Gasteiger partial charge in [-0.05, 0) is 53.9 Å². The molecule has 1 aromatic heterocycles. The molecule has 5 nitrogen and oxygen atoms in total. The smallest absolute Gasteiger partial charge is 0.139 e. The van der Waals surface area contributed by atoms with Crippen LogP contribution in [-0.4, -0.2) is 24.2 Å². The Morgan fingerprint density at radius 2 is 1.61 bits per heavy atom. The van der Waals surface area contributed by atoms with Crippen molar-refractivity contribution in [1.82, 2.24) is 4.98 Å². The number of phenols is 1. The molecular weight excluding hydrogens is 404 g/mol. The first-order valence-electron chi connectivity index (χ1n) is 9.82. The van der Waals surface area contributed by atoms with Crippen molar-refractivity contribution < 1.29 is 5.11 Å². The van der Waals surface area contributed by atoms with Crippen LogP contribution >= 0.6 is 11.3 Å². The van der Waals surface area contributed by atoms with E-state index in [4.69, 9.17) is 11.5 Å². The van der Waals surface area contributed by atoms with Crippen molar-refractivity contribution >= 4 is 49.4 Å². The predicted molar refractivity (Wildman–Crippen MR) is 134 cm³/mol. The molecule has 0 saturated heterocycles. The molecule has 4 aromatic carbocycles. The van der Waals surface area contributed by atoms with Gasteiger partial charge < -0.3 is 21.5 Å². The Bertz CT molecular complexity index is 1310. The van der Waals surface area contributed by atoms with E-state index < -0.39 is 0 Å². The molecule has 0 atom stereocenters. The number of anilines is 3. The van der Waals surface area contributed by atoms with Crippen LogP contribution in [0.15, 0.2) is 78.9 Å². The van der Waals surface area contributed by atoms with Crippen LogP contribution < -0.4 is 16.4 Å². The van der Waals surface area contributed by atoms with Gasteiger partial charge in [0.05, 0.1) is 15.9 Å². The Morgan fingerprint density at radius 1 is 0.871 bits per heavy atom. The first-order chi connectivity index (χ1) is 14.9. The lowest BCUT2D eigenvalue weighted by Gasteiger charge is -2.11. The molecule has 5 N–H and O–H groups in total. The summed E-state index contributed by atoms with van der Waals surface area (Å²) in [6.45, 7) is 0. The maximum atomic E-state index is 9.66. The number of aromatic nitrogens is 1. The number of hydrogen-bond acceptors (Lipinski definition) is 6. The number of nitrogen functional groups attached to an aromatic ring is 2. The van der Waals surface area contributed by atoms with Crippen molar-refractivity contribution in [1.29, 1.82) is 0 Å². The predicted octanol–water partition coefficient (Wildman–Crippen LogP) is 5.74. The third-order valence-corrected chi connectivity index (χ3v) is 6.07. The zero-order valence-electron chi connectivity index (χ0n) is 17.4. The summed E-state index contributed by atoms with van der Waals surface area (Å²) < 4.78 is 1.18. The van der Waals surface area contributed by atoms with Crippen LogP contribution in [0.5, 0.6) is 5.75 Å². The molecule has 5 rings (SSSR count). The van der Waals surface area contributed by atoms with E-state index in [0.717, 1.165) is 32.5 Å². The Labute approximate surface area is 185 Å². The third kappa shape index (κ3) is 4.39. The normalized spacial score (nSPS) is 10.6. The van der Waals surface area contributed by atoms with Gasteiger partial charge in [-0.15, -0.1) is 11.3 Å². The highest BCUT2D eigenvalue weighted by Gasteiger charge is 2.08. The van der Waals surface area contributed by atoms with Crippen molar-refractivity contribution in [2.45, 2.75) is 0 Å². The van der Waals surface area contributed by atoms with E-state index in [2.05, 4.69) is 17.1 Å². The molecule has 0 amide bonds. The van der Waals surface area contributed by atoms with Gasteiger partial charge in [0.15, 0.2) is 0 Å². The fourth-order valence-corrected chi connectivity index (χ4v) is 4.21. The zero-order chi connectivity index (χ0) is 22.0. The molecule has 0 radical (unpaired) electrons. The molecule has 0 unspecified atom stereocenters. The Hall–Kier alpha value is -3.77. The quantitative estimate of drug-likeness (QED) is 0.246. The van der Waals surface area contributed by atoms with Gasteiger partial charge in [-0.25, -0.2) is 4.98 Å². The average molecular weight is 429 g/mol. The minimum Gasteiger partial charge on any atom is -0.506 e. The van der Waals surface area contributed by atoms with Gasteiger partial charge in [0.25, 0.3) is 0 Å². The topological polar surface area (TPSA) is 88.4 Å². The van der Waals surface area contributed by atoms with E-state index >= 15 is 0 Å². The van der Waals surface area contributed by atoms with Crippen LogP contribution in [0.3, 0.4) is 0 Å². The van der Waals surface area contributed by atoms with E-state index in [1.54, 1.807) is 17.4 Å². The molecule has 0 fully saturated rings. The number of fused-ring (bicyclic) bond motifs is 2. The van der Waals surface area contributed by atoms with Crippen molar-refractivity contribution in [3.63, 3.8) is 0 Å². The summed E-state index contributed by atoms with van der Waals surface area (Å²) in [6, 6.07) is 25.4. The van der Waals surface area contributed by atoms with E-state index in [1.165, 1.54) is 10.4 Å². The lowest BCUT2D eigenvalue weighted by atomic mass is 10.1. The molecule has 156 valence electrons. The molecule has 1 heterocycles. The Balaban J connectivity index is 0.000000196. The van der Waals surface area contributed by atoms with Crippen molar-refractivity contribution in [2.24, 2.45) is 0 Å². The Morgan fingerprint density at radius 3 is 2.32 bits per heavy atom. The lowest BCUT2D eigenvalue weighted by Crippen LogP contribution is -2.08. The maximum absolute atomic E-state index is 9.66. The van der Waals surface area contributed by atoms with Gasteiger partial charge in [0.2, 0.25) is 0 Å². The summed E-state index contributed by atoms with van der Waals surface area (Å²) in [5.74, 6) is 0.121. The van der Waals surface area contributed by atoms with E-state index in [9.17, 15) is 5.11 Å². The third-order valence-electron chi connectivity index (χ3n) is 4.99. The van der Waals surface area contributed by atoms with Crippen molar-refractivity contribution in [3.05, 3.63) is 78.9 Å². The second-order valence-corrected chi connectivity index (χ2v) is 8.44. The highest BCUT2D eigenvalue weighted by atomic mass is 32.1. The monoisotopic (exact) mass is 428 g/mol. The van der Waals surface area contributed by atoms with Crippen molar-refractivity contribution in [3.8, 4) is 16.3 Å². The number of nitrogens with two attached hydrogens (primary N) is 2. The number of phenolic OH excluding ortho intramolecular Hbond substituents is 1.